The molecule has 2 N–H and O–H groups in total. The molecule has 0 aliphatic rings. The van der Waals surface area contributed by atoms with Gasteiger partial charge in [-0.25, -0.2) is 4.98 Å². The van der Waals surface area contributed by atoms with Gasteiger partial charge in [0.05, 0.1) is 5.69 Å². The van der Waals surface area contributed by atoms with Gasteiger partial charge < -0.3 is 10.3 Å². The minimum Gasteiger partial charge on any atom is -0.310 e. The molecule has 0 bridgehead atoms. The zero-order valence-corrected chi connectivity index (χ0v) is 12.2. The monoisotopic (exact) mass is 271 g/mol. The largest absolute Gasteiger partial charge is 0.310 e. The Labute approximate surface area is 119 Å². The summed E-state index contributed by atoms with van der Waals surface area (Å²) in [4.78, 5) is 19.0. The molecule has 1 aromatic heterocycles. The SMILES string of the molecule is Cc1ccc(Cc2nc(CNC(C)C)cc(=O)[nH]2)cc1. The van der Waals surface area contributed by atoms with Crippen LogP contribution in [0.15, 0.2) is 35.1 Å². The average Bonchev–Trinajstić information content (AvgIpc) is 2.38. The quantitative estimate of drug-likeness (QED) is 0.876. The van der Waals surface area contributed by atoms with Crippen molar-refractivity contribution in [3.8, 4) is 0 Å². The average molecular weight is 271 g/mol. The summed E-state index contributed by atoms with van der Waals surface area (Å²) in [5, 5.41) is 3.27. The van der Waals surface area contributed by atoms with Crippen molar-refractivity contribution in [2.45, 2.75) is 39.8 Å². The van der Waals surface area contributed by atoms with Crippen LogP contribution in [0.25, 0.3) is 0 Å². The number of hydrogen-bond donors (Lipinski definition) is 2. The molecular weight excluding hydrogens is 250 g/mol. The first-order valence-corrected chi connectivity index (χ1v) is 6.91. The summed E-state index contributed by atoms with van der Waals surface area (Å²) in [6.45, 7) is 6.81. The summed E-state index contributed by atoms with van der Waals surface area (Å²) < 4.78 is 0. The smallest absolute Gasteiger partial charge is 0.251 e. The lowest BCUT2D eigenvalue weighted by molar-refractivity contribution is 0.578. The number of benzene rings is 1. The standard InChI is InChI=1S/C16H21N3O/c1-11(2)17-10-14-9-16(20)19-15(18-14)8-13-6-4-12(3)5-7-13/h4-7,9,11,17H,8,10H2,1-3H3,(H,18,19,20). The predicted octanol–water partition coefficient (Wildman–Crippen LogP) is 2.17. The Kier molecular flexibility index (Phi) is 4.69. The molecule has 0 saturated carbocycles. The first-order valence-electron chi connectivity index (χ1n) is 6.91. The number of hydrogen-bond acceptors (Lipinski definition) is 3. The molecule has 4 heteroatoms. The maximum absolute atomic E-state index is 11.7. The molecule has 0 atom stereocenters. The lowest BCUT2D eigenvalue weighted by Gasteiger charge is -2.08. The minimum atomic E-state index is -0.0948. The summed E-state index contributed by atoms with van der Waals surface area (Å²) >= 11 is 0. The Morgan fingerprint density at radius 1 is 1.25 bits per heavy atom. The number of rotatable bonds is 5. The summed E-state index contributed by atoms with van der Waals surface area (Å²) in [5.74, 6) is 0.710. The van der Waals surface area contributed by atoms with Crippen molar-refractivity contribution in [2.75, 3.05) is 0 Å². The molecule has 4 nitrogen and oxygen atoms in total. The van der Waals surface area contributed by atoms with E-state index in [1.165, 1.54) is 5.56 Å². The zero-order valence-electron chi connectivity index (χ0n) is 12.2. The molecule has 0 spiro atoms. The maximum atomic E-state index is 11.7. The number of nitrogens with one attached hydrogen (secondary N) is 2. The maximum Gasteiger partial charge on any atom is 0.251 e. The van der Waals surface area contributed by atoms with Crippen LogP contribution in [-0.2, 0) is 13.0 Å². The van der Waals surface area contributed by atoms with E-state index < -0.39 is 0 Å². The van der Waals surface area contributed by atoms with Crippen molar-refractivity contribution in [3.63, 3.8) is 0 Å². The minimum absolute atomic E-state index is 0.0948. The van der Waals surface area contributed by atoms with Gasteiger partial charge in [0, 0.05) is 25.1 Å². The Hall–Kier alpha value is -1.94. The van der Waals surface area contributed by atoms with Gasteiger partial charge in [-0.3, -0.25) is 4.79 Å². The van der Waals surface area contributed by atoms with Crippen LogP contribution in [-0.4, -0.2) is 16.0 Å². The fraction of sp³-hybridized carbons (Fsp3) is 0.375. The van der Waals surface area contributed by atoms with Gasteiger partial charge in [-0.1, -0.05) is 43.7 Å². The molecule has 2 aromatic rings. The first-order chi connectivity index (χ1) is 9.52. The molecule has 0 aliphatic carbocycles. The van der Waals surface area contributed by atoms with Crippen LogP contribution >= 0.6 is 0 Å². The van der Waals surface area contributed by atoms with Crippen LogP contribution in [0.3, 0.4) is 0 Å². The third-order valence-electron chi connectivity index (χ3n) is 3.03. The fourth-order valence-electron chi connectivity index (χ4n) is 1.95. The second-order valence-corrected chi connectivity index (χ2v) is 5.38. The van der Waals surface area contributed by atoms with Crippen molar-refractivity contribution < 1.29 is 0 Å². The van der Waals surface area contributed by atoms with Gasteiger partial charge >= 0.3 is 0 Å². The second kappa shape index (κ2) is 6.48. The number of aryl methyl sites for hydroxylation is 1. The Morgan fingerprint density at radius 3 is 2.60 bits per heavy atom. The van der Waals surface area contributed by atoms with E-state index in [9.17, 15) is 4.79 Å². The van der Waals surface area contributed by atoms with Crippen LogP contribution in [0.1, 0.15) is 36.5 Å². The van der Waals surface area contributed by atoms with Crippen LogP contribution in [0, 0.1) is 6.92 Å². The molecule has 0 radical (unpaired) electrons. The molecule has 1 aromatic carbocycles. The Morgan fingerprint density at radius 2 is 1.95 bits per heavy atom. The van der Waals surface area contributed by atoms with Gasteiger partial charge in [-0.15, -0.1) is 0 Å². The van der Waals surface area contributed by atoms with Gasteiger partial charge in [-0.2, -0.15) is 0 Å². The van der Waals surface area contributed by atoms with Crippen LogP contribution < -0.4 is 10.9 Å². The van der Waals surface area contributed by atoms with E-state index in [2.05, 4.69) is 60.3 Å². The van der Waals surface area contributed by atoms with E-state index in [1.807, 2.05) is 0 Å². The number of H-pyrrole nitrogens is 1. The van der Waals surface area contributed by atoms with Crippen LogP contribution in [0.4, 0.5) is 0 Å². The number of nitrogens with zero attached hydrogens (tertiary/aromatic N) is 1. The highest BCUT2D eigenvalue weighted by Gasteiger charge is 2.03. The first kappa shape index (κ1) is 14.5. The molecule has 106 valence electrons. The molecule has 1 heterocycles. The van der Waals surface area contributed by atoms with Crippen molar-refractivity contribution in [3.05, 3.63) is 63.3 Å². The highest BCUT2D eigenvalue weighted by atomic mass is 16.1. The van der Waals surface area contributed by atoms with E-state index in [0.717, 1.165) is 11.3 Å². The predicted molar refractivity (Wildman–Crippen MR) is 80.8 cm³/mol. The topological polar surface area (TPSA) is 57.8 Å². The van der Waals surface area contributed by atoms with Crippen LogP contribution in [0.5, 0.6) is 0 Å². The molecule has 2 rings (SSSR count). The molecule has 0 unspecified atom stereocenters. The van der Waals surface area contributed by atoms with E-state index in [-0.39, 0.29) is 5.56 Å². The highest BCUT2D eigenvalue weighted by Crippen LogP contribution is 2.07. The third kappa shape index (κ3) is 4.31. The van der Waals surface area contributed by atoms with Gasteiger partial charge in [0.1, 0.15) is 5.82 Å². The highest BCUT2D eigenvalue weighted by molar-refractivity contribution is 5.24. The van der Waals surface area contributed by atoms with Gasteiger partial charge in [0.15, 0.2) is 0 Å². The molecule has 0 amide bonds. The summed E-state index contributed by atoms with van der Waals surface area (Å²) in [5.41, 5.74) is 3.06. The normalized spacial score (nSPS) is 11.0. The zero-order chi connectivity index (χ0) is 14.5. The number of aromatic amines is 1. The number of aromatic nitrogens is 2. The Balaban J connectivity index is 2.15. The molecule has 0 aliphatic heterocycles. The third-order valence-corrected chi connectivity index (χ3v) is 3.03. The van der Waals surface area contributed by atoms with Crippen molar-refractivity contribution in [2.24, 2.45) is 0 Å². The van der Waals surface area contributed by atoms with Crippen molar-refractivity contribution >= 4 is 0 Å². The molecule has 0 saturated heterocycles. The summed E-state index contributed by atoms with van der Waals surface area (Å²) in [6.07, 6.45) is 0.644. The second-order valence-electron chi connectivity index (χ2n) is 5.38. The molecular formula is C16H21N3O. The van der Waals surface area contributed by atoms with E-state index in [1.54, 1.807) is 6.07 Å². The fourth-order valence-corrected chi connectivity index (χ4v) is 1.95. The van der Waals surface area contributed by atoms with Gasteiger partial charge in [0.25, 0.3) is 5.56 Å². The molecule has 20 heavy (non-hydrogen) atoms. The van der Waals surface area contributed by atoms with Crippen molar-refractivity contribution in [1.29, 1.82) is 0 Å². The Bertz CT molecular complexity index is 614. The van der Waals surface area contributed by atoms with E-state index in [4.69, 9.17) is 0 Å². The van der Waals surface area contributed by atoms with Gasteiger partial charge in [-0.05, 0) is 12.5 Å². The molecule has 0 fully saturated rings. The van der Waals surface area contributed by atoms with Gasteiger partial charge in [0.2, 0.25) is 0 Å². The van der Waals surface area contributed by atoms with E-state index >= 15 is 0 Å². The summed E-state index contributed by atoms with van der Waals surface area (Å²) in [6, 6.07) is 10.2. The lowest BCUT2D eigenvalue weighted by Crippen LogP contribution is -2.24. The van der Waals surface area contributed by atoms with Crippen LogP contribution in [0.2, 0.25) is 0 Å². The van der Waals surface area contributed by atoms with E-state index in [0.29, 0.717) is 24.8 Å². The van der Waals surface area contributed by atoms with Crippen molar-refractivity contribution in [1.82, 2.24) is 15.3 Å². The summed E-state index contributed by atoms with van der Waals surface area (Å²) in [7, 11) is 0. The lowest BCUT2D eigenvalue weighted by atomic mass is 10.1.